The van der Waals surface area contributed by atoms with Crippen LogP contribution in [0, 0.1) is 0 Å². The van der Waals surface area contributed by atoms with Crippen LogP contribution < -0.4 is 10.6 Å². The number of ether oxygens (including phenoxy) is 1. The zero-order chi connectivity index (χ0) is 22.6. The molecule has 5 nitrogen and oxygen atoms in total. The highest BCUT2D eigenvalue weighted by Crippen LogP contribution is 2.33. The minimum atomic E-state index is -0.496. The van der Waals surface area contributed by atoms with Crippen LogP contribution in [-0.4, -0.2) is 35.7 Å². The maximum atomic E-state index is 12.1. The van der Waals surface area contributed by atoms with Crippen LogP contribution in [-0.2, 0) is 17.7 Å². The van der Waals surface area contributed by atoms with Gasteiger partial charge in [0.1, 0.15) is 5.60 Å². The molecule has 2 aromatic carbocycles. The number of likely N-dealkylation sites (tertiary alicyclic amines) is 1. The predicted molar refractivity (Wildman–Crippen MR) is 130 cm³/mol. The third kappa shape index (κ3) is 6.33. The maximum absolute atomic E-state index is 12.1. The number of nitrogens with zero attached hydrogens (tertiary/aromatic N) is 1. The molecule has 1 aliphatic heterocycles. The molecule has 2 aliphatic rings. The Balaban J connectivity index is 1.31. The first kappa shape index (κ1) is 22.8. The SMILES string of the molecule is CC(C)(C)OC(=O)Nc1ccc2c(c1)CCCC2NC1CCN(Cc2ccccc2)CC1. The predicted octanol–water partition coefficient (Wildman–Crippen LogP) is 5.67. The standard InChI is InChI=1S/C27H37N3O2/c1-27(2,3)32-26(31)29-23-12-13-24-21(18-23)10-7-11-25(24)28-22-14-16-30(17-15-22)19-20-8-5-4-6-9-20/h4-6,8-9,12-13,18,22,25,28H,7,10-11,14-17,19H2,1-3H3,(H,29,31). The Morgan fingerprint density at radius 3 is 2.53 bits per heavy atom. The van der Waals surface area contributed by atoms with Gasteiger partial charge in [0.2, 0.25) is 0 Å². The van der Waals surface area contributed by atoms with E-state index in [1.165, 1.54) is 42.4 Å². The monoisotopic (exact) mass is 435 g/mol. The zero-order valence-corrected chi connectivity index (χ0v) is 19.7. The van der Waals surface area contributed by atoms with Crippen LogP contribution >= 0.6 is 0 Å². The summed E-state index contributed by atoms with van der Waals surface area (Å²) < 4.78 is 5.39. The fourth-order valence-corrected chi connectivity index (χ4v) is 4.87. The van der Waals surface area contributed by atoms with Crippen molar-refractivity contribution in [2.45, 2.75) is 77.1 Å². The topological polar surface area (TPSA) is 53.6 Å². The number of amides is 1. The molecule has 0 aromatic heterocycles. The van der Waals surface area contributed by atoms with Gasteiger partial charge in [0.15, 0.2) is 0 Å². The van der Waals surface area contributed by atoms with E-state index in [-0.39, 0.29) is 0 Å². The first-order chi connectivity index (χ1) is 15.4. The van der Waals surface area contributed by atoms with Gasteiger partial charge in [-0.15, -0.1) is 0 Å². The minimum Gasteiger partial charge on any atom is -0.444 e. The Morgan fingerprint density at radius 1 is 1.06 bits per heavy atom. The number of carbonyl (C=O) groups is 1. The number of rotatable bonds is 5. The Hall–Kier alpha value is -2.37. The molecule has 5 heteroatoms. The molecule has 32 heavy (non-hydrogen) atoms. The van der Waals surface area contributed by atoms with Crippen molar-refractivity contribution in [3.05, 3.63) is 65.2 Å². The second kappa shape index (κ2) is 10.1. The van der Waals surface area contributed by atoms with Crippen LogP contribution in [0.2, 0.25) is 0 Å². The Kier molecular flexibility index (Phi) is 7.17. The van der Waals surface area contributed by atoms with E-state index in [2.05, 4.69) is 58.0 Å². The van der Waals surface area contributed by atoms with Gasteiger partial charge in [-0.1, -0.05) is 36.4 Å². The van der Waals surface area contributed by atoms with Gasteiger partial charge in [-0.05, 0) is 94.8 Å². The molecule has 1 unspecified atom stereocenters. The zero-order valence-electron chi connectivity index (χ0n) is 19.7. The van der Waals surface area contributed by atoms with E-state index in [1.54, 1.807) is 0 Å². The number of hydrogen-bond acceptors (Lipinski definition) is 4. The molecule has 1 atom stereocenters. The van der Waals surface area contributed by atoms with Crippen molar-refractivity contribution in [2.24, 2.45) is 0 Å². The molecule has 1 fully saturated rings. The number of piperidine rings is 1. The number of aryl methyl sites for hydroxylation is 1. The number of hydrogen-bond donors (Lipinski definition) is 2. The fourth-order valence-electron chi connectivity index (χ4n) is 4.87. The molecular weight excluding hydrogens is 398 g/mol. The van der Waals surface area contributed by atoms with Crippen molar-refractivity contribution >= 4 is 11.8 Å². The third-order valence-electron chi connectivity index (χ3n) is 6.38. The van der Waals surface area contributed by atoms with Crippen molar-refractivity contribution < 1.29 is 9.53 Å². The summed E-state index contributed by atoms with van der Waals surface area (Å²) in [4.78, 5) is 14.7. The smallest absolute Gasteiger partial charge is 0.412 e. The summed E-state index contributed by atoms with van der Waals surface area (Å²) in [6.45, 7) is 8.97. The quantitative estimate of drug-likeness (QED) is 0.636. The molecule has 172 valence electrons. The molecule has 4 rings (SSSR count). The lowest BCUT2D eigenvalue weighted by Gasteiger charge is -2.36. The molecule has 0 saturated carbocycles. The summed E-state index contributed by atoms with van der Waals surface area (Å²) in [6.07, 6.45) is 5.40. The molecular formula is C27H37N3O2. The van der Waals surface area contributed by atoms with Gasteiger partial charge in [0, 0.05) is 24.3 Å². The molecule has 1 aliphatic carbocycles. The Bertz CT molecular complexity index is 899. The average molecular weight is 436 g/mol. The number of carbonyl (C=O) groups excluding carboxylic acids is 1. The van der Waals surface area contributed by atoms with Crippen molar-refractivity contribution in [3.8, 4) is 0 Å². The van der Waals surface area contributed by atoms with Gasteiger partial charge in [-0.3, -0.25) is 10.2 Å². The second-order valence-corrected chi connectivity index (χ2v) is 10.2. The second-order valence-electron chi connectivity index (χ2n) is 10.2. The van der Waals surface area contributed by atoms with Gasteiger partial charge in [0.25, 0.3) is 0 Å². The van der Waals surface area contributed by atoms with E-state index < -0.39 is 11.7 Å². The van der Waals surface area contributed by atoms with Crippen molar-refractivity contribution in [2.75, 3.05) is 18.4 Å². The van der Waals surface area contributed by atoms with Crippen LogP contribution in [0.4, 0.5) is 10.5 Å². The number of benzene rings is 2. The number of anilines is 1. The number of fused-ring (bicyclic) bond motifs is 1. The Labute approximate surface area is 192 Å². The van der Waals surface area contributed by atoms with E-state index in [9.17, 15) is 4.79 Å². The summed E-state index contributed by atoms with van der Waals surface area (Å²) >= 11 is 0. The number of nitrogens with one attached hydrogen (secondary N) is 2. The van der Waals surface area contributed by atoms with E-state index in [4.69, 9.17) is 4.74 Å². The van der Waals surface area contributed by atoms with Gasteiger partial charge in [0.05, 0.1) is 0 Å². The summed E-state index contributed by atoms with van der Waals surface area (Å²) in [7, 11) is 0. The summed E-state index contributed by atoms with van der Waals surface area (Å²) in [5, 5.41) is 6.83. The van der Waals surface area contributed by atoms with Gasteiger partial charge in [-0.25, -0.2) is 4.79 Å². The van der Waals surface area contributed by atoms with Crippen molar-refractivity contribution in [1.29, 1.82) is 0 Å². The van der Waals surface area contributed by atoms with Gasteiger partial charge >= 0.3 is 6.09 Å². The lowest BCUT2D eigenvalue weighted by atomic mass is 9.86. The van der Waals surface area contributed by atoms with Gasteiger partial charge < -0.3 is 10.1 Å². The molecule has 1 amide bonds. The van der Waals surface area contributed by atoms with Gasteiger partial charge in [-0.2, -0.15) is 0 Å². The molecule has 2 N–H and O–H groups in total. The lowest BCUT2D eigenvalue weighted by molar-refractivity contribution is 0.0636. The maximum Gasteiger partial charge on any atom is 0.412 e. The average Bonchev–Trinajstić information content (AvgIpc) is 2.74. The summed E-state index contributed by atoms with van der Waals surface area (Å²) in [5.41, 5.74) is 4.44. The van der Waals surface area contributed by atoms with Crippen molar-refractivity contribution in [1.82, 2.24) is 10.2 Å². The normalized spacial score (nSPS) is 19.9. The summed E-state index contributed by atoms with van der Waals surface area (Å²) in [6, 6.07) is 18.0. The molecule has 0 spiro atoms. The van der Waals surface area contributed by atoms with E-state index in [0.717, 1.165) is 31.7 Å². The molecule has 1 heterocycles. The Morgan fingerprint density at radius 2 is 1.81 bits per heavy atom. The van der Waals surface area contributed by atoms with Crippen LogP contribution in [0.1, 0.15) is 69.2 Å². The highest BCUT2D eigenvalue weighted by atomic mass is 16.6. The highest BCUT2D eigenvalue weighted by Gasteiger charge is 2.26. The highest BCUT2D eigenvalue weighted by molar-refractivity contribution is 5.85. The third-order valence-corrected chi connectivity index (χ3v) is 6.38. The van der Waals surface area contributed by atoms with E-state index in [1.807, 2.05) is 26.8 Å². The van der Waals surface area contributed by atoms with E-state index >= 15 is 0 Å². The fraction of sp³-hybridized carbons (Fsp3) is 0.519. The molecule has 1 saturated heterocycles. The molecule has 0 radical (unpaired) electrons. The lowest BCUT2D eigenvalue weighted by Crippen LogP contribution is -2.44. The first-order valence-corrected chi connectivity index (χ1v) is 12.0. The van der Waals surface area contributed by atoms with Crippen molar-refractivity contribution in [3.63, 3.8) is 0 Å². The van der Waals surface area contributed by atoms with Crippen LogP contribution in [0.15, 0.2) is 48.5 Å². The van der Waals surface area contributed by atoms with Crippen LogP contribution in [0.3, 0.4) is 0 Å². The minimum absolute atomic E-state index is 0.398. The van der Waals surface area contributed by atoms with Crippen LogP contribution in [0.25, 0.3) is 0 Å². The van der Waals surface area contributed by atoms with Crippen LogP contribution in [0.5, 0.6) is 0 Å². The largest absolute Gasteiger partial charge is 0.444 e. The summed E-state index contributed by atoms with van der Waals surface area (Å²) in [5.74, 6) is 0. The first-order valence-electron chi connectivity index (χ1n) is 12.0. The molecule has 2 aromatic rings. The van der Waals surface area contributed by atoms with E-state index in [0.29, 0.717) is 12.1 Å². The molecule has 0 bridgehead atoms.